The lowest BCUT2D eigenvalue weighted by molar-refractivity contribution is 0.102. The molecule has 0 aliphatic carbocycles. The van der Waals surface area contributed by atoms with Gasteiger partial charge in [0.05, 0.1) is 18.4 Å². The quantitative estimate of drug-likeness (QED) is 0.488. The molecule has 0 aliphatic heterocycles. The first-order valence-electron chi connectivity index (χ1n) is 9.28. The Kier molecular flexibility index (Phi) is 5.70. The lowest BCUT2D eigenvalue weighted by atomic mass is 10.1. The van der Waals surface area contributed by atoms with E-state index in [2.05, 4.69) is 15.5 Å². The number of rotatable bonds is 7. The van der Waals surface area contributed by atoms with Crippen LogP contribution in [0.15, 0.2) is 83.4 Å². The summed E-state index contributed by atoms with van der Waals surface area (Å²) < 4.78 is 16.2. The maximum atomic E-state index is 12.6. The van der Waals surface area contributed by atoms with E-state index in [-0.39, 0.29) is 12.5 Å². The largest absolute Gasteiger partial charge is 0.497 e. The summed E-state index contributed by atoms with van der Waals surface area (Å²) in [5.74, 6) is 1.86. The van der Waals surface area contributed by atoms with Gasteiger partial charge in [-0.2, -0.15) is 4.98 Å². The topological polar surface area (TPSA) is 86.5 Å². The Morgan fingerprint density at radius 2 is 1.67 bits per heavy atom. The van der Waals surface area contributed by atoms with Crippen molar-refractivity contribution in [1.82, 2.24) is 10.1 Å². The molecular formula is C23H19N3O4. The van der Waals surface area contributed by atoms with Gasteiger partial charge in [0.2, 0.25) is 5.82 Å². The van der Waals surface area contributed by atoms with Gasteiger partial charge in [0.25, 0.3) is 11.8 Å². The van der Waals surface area contributed by atoms with Crippen molar-refractivity contribution in [3.8, 4) is 23.0 Å². The highest BCUT2D eigenvalue weighted by molar-refractivity contribution is 6.06. The Morgan fingerprint density at radius 1 is 0.933 bits per heavy atom. The fourth-order valence-corrected chi connectivity index (χ4v) is 2.80. The molecule has 1 N–H and O–H groups in total. The van der Waals surface area contributed by atoms with Crippen LogP contribution in [0.3, 0.4) is 0 Å². The molecule has 1 aromatic heterocycles. The maximum absolute atomic E-state index is 12.6. The molecule has 30 heavy (non-hydrogen) atoms. The van der Waals surface area contributed by atoms with Gasteiger partial charge < -0.3 is 19.3 Å². The molecule has 0 bridgehead atoms. The van der Waals surface area contributed by atoms with Crippen molar-refractivity contribution < 1.29 is 18.8 Å². The zero-order valence-corrected chi connectivity index (χ0v) is 16.2. The van der Waals surface area contributed by atoms with E-state index >= 15 is 0 Å². The summed E-state index contributed by atoms with van der Waals surface area (Å²) in [6, 6.07) is 23.5. The maximum Gasteiger partial charge on any atom is 0.260 e. The molecule has 0 spiro atoms. The summed E-state index contributed by atoms with van der Waals surface area (Å²) in [4.78, 5) is 17.0. The van der Waals surface area contributed by atoms with Gasteiger partial charge in [0, 0.05) is 5.56 Å². The Labute approximate surface area is 173 Å². The highest BCUT2D eigenvalue weighted by Gasteiger charge is 2.15. The number of nitrogens with one attached hydrogen (secondary N) is 1. The number of hydrogen-bond donors (Lipinski definition) is 1. The Morgan fingerprint density at radius 3 is 2.43 bits per heavy atom. The van der Waals surface area contributed by atoms with Crippen molar-refractivity contribution in [3.05, 3.63) is 90.3 Å². The predicted molar refractivity (Wildman–Crippen MR) is 111 cm³/mol. The summed E-state index contributed by atoms with van der Waals surface area (Å²) >= 11 is 0. The third-order valence-electron chi connectivity index (χ3n) is 4.34. The molecule has 0 fully saturated rings. The van der Waals surface area contributed by atoms with Gasteiger partial charge >= 0.3 is 0 Å². The van der Waals surface area contributed by atoms with E-state index < -0.39 is 0 Å². The minimum absolute atomic E-state index is 0.174. The average Bonchev–Trinajstić information content (AvgIpc) is 3.28. The molecule has 0 atom stereocenters. The van der Waals surface area contributed by atoms with E-state index in [0.29, 0.717) is 34.3 Å². The standard InChI is InChI=1S/C23H19N3O4/c1-28-17-13-11-16(12-14-17)22(27)24-20-10-6-5-9-19(20)23-25-21(26-30-23)15-29-18-7-3-2-4-8-18/h2-14H,15H2,1H3,(H,24,27). The van der Waals surface area contributed by atoms with Crippen LogP contribution < -0.4 is 14.8 Å². The van der Waals surface area contributed by atoms with Crippen molar-refractivity contribution in [2.45, 2.75) is 6.61 Å². The lowest BCUT2D eigenvalue weighted by Crippen LogP contribution is -2.12. The third-order valence-corrected chi connectivity index (χ3v) is 4.34. The van der Waals surface area contributed by atoms with E-state index in [1.165, 1.54) is 0 Å². The molecule has 7 heteroatoms. The first kappa shape index (κ1) is 19.2. The molecule has 0 saturated carbocycles. The summed E-state index contributed by atoms with van der Waals surface area (Å²) in [7, 11) is 1.58. The number of amides is 1. The molecular weight excluding hydrogens is 382 g/mol. The molecule has 0 unspecified atom stereocenters. The van der Waals surface area contributed by atoms with Crippen LogP contribution >= 0.6 is 0 Å². The van der Waals surface area contributed by atoms with Gasteiger partial charge in [-0.15, -0.1) is 0 Å². The molecule has 4 aromatic rings. The number of ether oxygens (including phenoxy) is 2. The van der Waals surface area contributed by atoms with E-state index in [0.717, 1.165) is 5.75 Å². The number of nitrogens with zero attached hydrogens (tertiary/aromatic N) is 2. The van der Waals surface area contributed by atoms with Gasteiger partial charge in [0.1, 0.15) is 11.5 Å². The Balaban J connectivity index is 1.49. The molecule has 7 nitrogen and oxygen atoms in total. The number of benzene rings is 3. The summed E-state index contributed by atoms with van der Waals surface area (Å²) in [6.07, 6.45) is 0. The summed E-state index contributed by atoms with van der Waals surface area (Å²) in [5.41, 5.74) is 1.70. The van der Waals surface area contributed by atoms with Crippen molar-refractivity contribution in [2.75, 3.05) is 12.4 Å². The second kappa shape index (κ2) is 8.91. The van der Waals surface area contributed by atoms with E-state index in [1.807, 2.05) is 42.5 Å². The number of carbonyl (C=O) groups is 1. The average molecular weight is 401 g/mol. The minimum Gasteiger partial charge on any atom is -0.497 e. The number of aromatic nitrogens is 2. The number of para-hydroxylation sites is 2. The molecule has 1 amide bonds. The number of carbonyl (C=O) groups excluding carboxylic acids is 1. The van der Waals surface area contributed by atoms with Crippen LogP contribution in [0, 0.1) is 0 Å². The molecule has 0 radical (unpaired) electrons. The second-order valence-electron chi connectivity index (χ2n) is 6.35. The monoisotopic (exact) mass is 401 g/mol. The van der Waals surface area contributed by atoms with Gasteiger partial charge in [-0.25, -0.2) is 0 Å². The molecule has 1 heterocycles. The smallest absolute Gasteiger partial charge is 0.260 e. The molecule has 0 aliphatic rings. The lowest BCUT2D eigenvalue weighted by Gasteiger charge is -2.09. The van der Waals surface area contributed by atoms with Crippen LogP contribution in [0.5, 0.6) is 11.5 Å². The minimum atomic E-state index is -0.253. The van der Waals surface area contributed by atoms with Gasteiger partial charge in [0.15, 0.2) is 6.61 Å². The van der Waals surface area contributed by atoms with Crippen LogP contribution in [0.25, 0.3) is 11.5 Å². The van der Waals surface area contributed by atoms with Gasteiger partial charge in [-0.3, -0.25) is 4.79 Å². The van der Waals surface area contributed by atoms with Gasteiger partial charge in [-0.05, 0) is 48.5 Å². The SMILES string of the molecule is COc1ccc(C(=O)Nc2ccccc2-c2nc(COc3ccccc3)no2)cc1. The van der Waals surface area contributed by atoms with Crippen LogP contribution in [0.4, 0.5) is 5.69 Å². The van der Waals surface area contributed by atoms with Crippen molar-refractivity contribution in [3.63, 3.8) is 0 Å². The van der Waals surface area contributed by atoms with Crippen LogP contribution in [0.2, 0.25) is 0 Å². The van der Waals surface area contributed by atoms with Crippen LogP contribution in [-0.2, 0) is 6.61 Å². The third kappa shape index (κ3) is 4.47. The normalized spacial score (nSPS) is 10.4. The molecule has 0 saturated heterocycles. The first-order valence-corrected chi connectivity index (χ1v) is 9.28. The van der Waals surface area contributed by atoms with E-state index in [9.17, 15) is 4.79 Å². The second-order valence-corrected chi connectivity index (χ2v) is 6.35. The zero-order chi connectivity index (χ0) is 20.8. The van der Waals surface area contributed by atoms with Crippen molar-refractivity contribution >= 4 is 11.6 Å². The first-order chi connectivity index (χ1) is 14.7. The zero-order valence-electron chi connectivity index (χ0n) is 16.2. The van der Waals surface area contributed by atoms with E-state index in [1.54, 1.807) is 43.5 Å². The number of methoxy groups -OCH3 is 1. The van der Waals surface area contributed by atoms with Crippen molar-refractivity contribution in [1.29, 1.82) is 0 Å². The molecule has 150 valence electrons. The highest BCUT2D eigenvalue weighted by atomic mass is 16.5. The number of anilines is 1. The Bertz CT molecular complexity index is 1120. The van der Waals surface area contributed by atoms with Crippen molar-refractivity contribution in [2.24, 2.45) is 0 Å². The summed E-state index contributed by atoms with van der Waals surface area (Å²) in [6.45, 7) is 0.174. The highest BCUT2D eigenvalue weighted by Crippen LogP contribution is 2.27. The number of hydrogen-bond acceptors (Lipinski definition) is 6. The predicted octanol–water partition coefficient (Wildman–Crippen LogP) is 4.58. The van der Waals surface area contributed by atoms with Crippen LogP contribution in [0.1, 0.15) is 16.2 Å². The summed E-state index contributed by atoms with van der Waals surface area (Å²) in [5, 5.41) is 6.86. The molecule has 3 aromatic carbocycles. The fourth-order valence-electron chi connectivity index (χ4n) is 2.80. The Hall–Kier alpha value is -4.13. The van der Waals surface area contributed by atoms with E-state index in [4.69, 9.17) is 14.0 Å². The van der Waals surface area contributed by atoms with Crippen LogP contribution in [-0.4, -0.2) is 23.2 Å². The fraction of sp³-hybridized carbons (Fsp3) is 0.0870. The molecule has 4 rings (SSSR count). The van der Waals surface area contributed by atoms with Gasteiger partial charge in [-0.1, -0.05) is 35.5 Å².